The molecule has 0 aliphatic heterocycles. The summed E-state index contributed by atoms with van der Waals surface area (Å²) in [4.78, 5) is 12.2. The molecule has 0 aromatic heterocycles. The number of rotatable bonds is 11. The van der Waals surface area contributed by atoms with Crippen molar-refractivity contribution in [1.29, 1.82) is 0 Å². The van der Waals surface area contributed by atoms with Crippen LogP contribution in [0.15, 0.2) is 54.6 Å². The molecule has 0 heterocycles. The van der Waals surface area contributed by atoms with Crippen LogP contribution in [0.1, 0.15) is 24.5 Å². The zero-order valence-corrected chi connectivity index (χ0v) is 17.6. The summed E-state index contributed by atoms with van der Waals surface area (Å²) in [5, 5.41) is 15.7. The van der Waals surface area contributed by atoms with Crippen molar-refractivity contribution in [1.82, 2.24) is 10.5 Å². The normalized spacial score (nSPS) is 11.4. The predicted molar refractivity (Wildman–Crippen MR) is 119 cm³/mol. The van der Waals surface area contributed by atoms with Gasteiger partial charge in [0.25, 0.3) is 0 Å². The highest BCUT2D eigenvalue weighted by atomic mass is 32.1. The van der Waals surface area contributed by atoms with Crippen LogP contribution in [0.25, 0.3) is 0 Å². The molecule has 0 bridgehead atoms. The van der Waals surface area contributed by atoms with Crippen LogP contribution in [0.3, 0.4) is 0 Å². The van der Waals surface area contributed by atoms with Gasteiger partial charge in [0.1, 0.15) is 12.4 Å². The Hall–Kier alpha value is -2.42. The van der Waals surface area contributed by atoms with Crippen molar-refractivity contribution in [3.63, 3.8) is 0 Å². The lowest BCUT2D eigenvalue weighted by molar-refractivity contribution is -0.143. The van der Waals surface area contributed by atoms with Gasteiger partial charge in [-0.1, -0.05) is 54.7 Å². The van der Waals surface area contributed by atoms with Gasteiger partial charge in [0.2, 0.25) is 0 Å². The summed E-state index contributed by atoms with van der Waals surface area (Å²) >= 11 is 5.42. The van der Waals surface area contributed by atoms with Crippen LogP contribution < -0.4 is 15.3 Å². The Morgan fingerprint density at radius 1 is 1.17 bits per heavy atom. The van der Waals surface area contributed by atoms with Crippen molar-refractivity contribution < 1.29 is 19.3 Å². The first-order chi connectivity index (χ1) is 14.0. The van der Waals surface area contributed by atoms with Crippen molar-refractivity contribution >= 4 is 30.2 Å². The van der Waals surface area contributed by atoms with Crippen LogP contribution in [0.2, 0.25) is 6.82 Å². The van der Waals surface area contributed by atoms with Gasteiger partial charge in [0.05, 0.1) is 24.1 Å². The molecule has 0 radical (unpaired) electrons. The highest BCUT2D eigenvalue weighted by Gasteiger charge is 2.22. The topological polar surface area (TPSA) is 79.8 Å². The van der Waals surface area contributed by atoms with Gasteiger partial charge in [-0.2, -0.15) is 0 Å². The van der Waals surface area contributed by atoms with E-state index in [4.69, 9.17) is 21.7 Å². The Balaban J connectivity index is 1.90. The Morgan fingerprint density at radius 2 is 1.90 bits per heavy atom. The number of carbonyl (C=O) groups excluding carboxylic acids is 1. The summed E-state index contributed by atoms with van der Waals surface area (Å²) in [5.74, 6) is 0.398. The number of hydrogen-bond donors (Lipinski definition) is 3. The van der Waals surface area contributed by atoms with Crippen molar-refractivity contribution in [2.45, 2.75) is 39.4 Å². The number of nitrogens with one attached hydrogen (secondary N) is 2. The van der Waals surface area contributed by atoms with E-state index in [1.165, 1.54) is 0 Å². The Kier molecular flexibility index (Phi) is 9.63. The van der Waals surface area contributed by atoms with E-state index in [1.54, 1.807) is 13.7 Å². The van der Waals surface area contributed by atoms with Gasteiger partial charge in [-0.15, -0.1) is 0 Å². The zero-order valence-electron chi connectivity index (χ0n) is 16.8. The van der Waals surface area contributed by atoms with Crippen LogP contribution in [0.5, 0.6) is 5.75 Å². The molecule has 2 aromatic carbocycles. The van der Waals surface area contributed by atoms with E-state index in [1.807, 2.05) is 54.6 Å². The minimum absolute atomic E-state index is 0.0464. The number of hydrogen-bond acceptors (Lipinski definition) is 6. The third-order valence-corrected chi connectivity index (χ3v) is 4.48. The molecule has 0 amide bonds. The zero-order chi connectivity index (χ0) is 21.1. The van der Waals surface area contributed by atoms with Gasteiger partial charge in [0.15, 0.2) is 0 Å². The first-order valence-electron chi connectivity index (χ1n) is 9.61. The fourth-order valence-electron chi connectivity index (χ4n) is 2.70. The maximum atomic E-state index is 11.8. The monoisotopic (exact) mass is 414 g/mol. The van der Waals surface area contributed by atoms with Gasteiger partial charge >= 0.3 is 13.0 Å². The highest BCUT2D eigenvalue weighted by Crippen LogP contribution is 2.15. The van der Waals surface area contributed by atoms with Crippen LogP contribution in [0.4, 0.5) is 0 Å². The molecule has 0 spiro atoms. The second-order valence-corrected chi connectivity index (χ2v) is 6.98. The van der Waals surface area contributed by atoms with E-state index in [-0.39, 0.29) is 12.4 Å². The van der Waals surface area contributed by atoms with E-state index in [2.05, 4.69) is 10.5 Å². The molecule has 0 aliphatic carbocycles. The fraction of sp³-hybridized carbons (Fsp3) is 0.333. The van der Waals surface area contributed by atoms with Crippen molar-refractivity contribution in [3.8, 4) is 5.75 Å². The second kappa shape index (κ2) is 12.2. The molecular formula is C21H27BN2O4S. The maximum Gasteiger partial charge on any atom is 0.374 e. The van der Waals surface area contributed by atoms with Crippen LogP contribution in [-0.2, 0) is 22.7 Å². The lowest BCUT2D eigenvalue weighted by atomic mass is 9.86. The van der Waals surface area contributed by atoms with Gasteiger partial charge in [-0.25, -0.2) is 0 Å². The highest BCUT2D eigenvalue weighted by molar-refractivity contribution is 7.80. The Labute approximate surface area is 177 Å². The number of thiocarbonyl (C=S) groups is 1. The maximum absolute atomic E-state index is 11.8. The van der Waals surface area contributed by atoms with E-state index in [0.717, 1.165) is 16.9 Å². The van der Waals surface area contributed by atoms with Gasteiger partial charge in [-0.3, -0.25) is 4.79 Å². The molecular weight excluding hydrogens is 387 g/mol. The molecule has 3 N–H and O–H groups in total. The number of benzene rings is 2. The first kappa shape index (κ1) is 22.9. The average Bonchev–Trinajstić information content (AvgIpc) is 2.71. The van der Waals surface area contributed by atoms with E-state index >= 15 is 0 Å². The minimum Gasteiger partial charge on any atom is -0.489 e. The lowest BCUT2D eigenvalue weighted by Gasteiger charge is -2.21. The van der Waals surface area contributed by atoms with Gasteiger partial charge < -0.3 is 25.0 Å². The molecule has 29 heavy (non-hydrogen) atoms. The number of esters is 1. The average molecular weight is 414 g/mol. The summed E-state index contributed by atoms with van der Waals surface area (Å²) in [5.41, 5.74) is 2.09. The van der Waals surface area contributed by atoms with E-state index < -0.39 is 13.1 Å². The molecule has 6 nitrogen and oxygen atoms in total. The molecule has 0 fully saturated rings. The summed E-state index contributed by atoms with van der Waals surface area (Å²) in [6.07, 6.45) is 0.0464. The summed E-state index contributed by atoms with van der Waals surface area (Å²) in [7, 11) is -0.802. The quantitative estimate of drug-likeness (QED) is 0.296. The van der Waals surface area contributed by atoms with Crippen molar-refractivity contribution in [2.75, 3.05) is 6.61 Å². The molecule has 2 aromatic rings. The molecule has 0 saturated heterocycles. The molecule has 1 atom stereocenters. The summed E-state index contributed by atoms with van der Waals surface area (Å²) in [6.45, 7) is 4.60. The molecule has 0 unspecified atom stereocenters. The van der Waals surface area contributed by atoms with Crippen LogP contribution in [-0.4, -0.2) is 35.7 Å². The van der Waals surface area contributed by atoms with Crippen LogP contribution >= 0.6 is 12.2 Å². The molecule has 0 saturated carbocycles. The SMILES string of the molecule is CCOC(=O)C[C@@H](NB(C)O)C(=S)NCc1cccc(OCc2ccccc2)c1. The smallest absolute Gasteiger partial charge is 0.374 e. The second-order valence-electron chi connectivity index (χ2n) is 6.54. The van der Waals surface area contributed by atoms with Crippen molar-refractivity contribution in [2.24, 2.45) is 0 Å². The molecule has 0 aliphatic rings. The standard InChI is InChI=1S/C21H27BN2O4S/c1-3-27-20(25)13-19(24-22(2)26)21(29)23-14-17-10-7-11-18(12-17)28-15-16-8-5-4-6-9-16/h4-12,19,24,26H,3,13-15H2,1-2H3,(H,23,29)/t19-/m1/s1. The van der Waals surface area contributed by atoms with Crippen molar-refractivity contribution in [3.05, 3.63) is 65.7 Å². The number of carbonyl (C=O) groups is 1. The lowest BCUT2D eigenvalue weighted by Crippen LogP contribution is -2.49. The first-order valence-corrected chi connectivity index (χ1v) is 10.0. The molecule has 154 valence electrons. The Bertz CT molecular complexity index is 789. The fourth-order valence-corrected chi connectivity index (χ4v) is 2.93. The van der Waals surface area contributed by atoms with E-state index in [9.17, 15) is 9.82 Å². The largest absolute Gasteiger partial charge is 0.489 e. The molecule has 2 rings (SSSR count). The summed E-state index contributed by atoms with van der Waals surface area (Å²) < 4.78 is 10.8. The summed E-state index contributed by atoms with van der Waals surface area (Å²) in [6, 6.07) is 17.2. The minimum atomic E-state index is -0.802. The number of ether oxygens (including phenoxy) is 2. The van der Waals surface area contributed by atoms with Gasteiger partial charge in [-0.05, 0) is 37.0 Å². The van der Waals surface area contributed by atoms with E-state index in [0.29, 0.717) is 24.7 Å². The van der Waals surface area contributed by atoms with Gasteiger partial charge in [0, 0.05) is 6.54 Å². The van der Waals surface area contributed by atoms with Crippen LogP contribution in [0, 0.1) is 0 Å². The third kappa shape index (κ3) is 8.64. The third-order valence-electron chi connectivity index (χ3n) is 4.05. The molecule has 8 heteroatoms. The Morgan fingerprint density at radius 3 is 2.59 bits per heavy atom. The predicted octanol–water partition coefficient (Wildman–Crippen LogP) is 2.70.